The van der Waals surface area contributed by atoms with E-state index in [0.29, 0.717) is 0 Å². The van der Waals surface area contributed by atoms with Crippen molar-refractivity contribution < 1.29 is 9.90 Å². The lowest BCUT2D eigenvalue weighted by Gasteiger charge is -2.13. The van der Waals surface area contributed by atoms with Gasteiger partial charge in [-0.05, 0) is 23.8 Å². The highest BCUT2D eigenvalue weighted by Crippen LogP contribution is 2.29. The number of thioether (sulfide) groups is 1. The first-order chi connectivity index (χ1) is 9.61. The fraction of sp³-hybridized carbons (Fsp3) is 0.400. The van der Waals surface area contributed by atoms with Crippen LogP contribution in [0.25, 0.3) is 10.1 Å². The van der Waals surface area contributed by atoms with Gasteiger partial charge in [0.2, 0.25) is 5.91 Å². The normalized spacial score (nSPS) is 14.2. The minimum absolute atomic E-state index is 0.000453. The highest BCUT2D eigenvalue weighted by Gasteiger charge is 2.16. The third-order valence-corrected chi connectivity index (χ3v) is 5.16. The van der Waals surface area contributed by atoms with Gasteiger partial charge in [-0.2, -0.15) is 11.8 Å². The first kappa shape index (κ1) is 15.4. The Hall–Kier alpha value is -1.04. The van der Waals surface area contributed by atoms with Crippen LogP contribution in [0.1, 0.15) is 17.9 Å². The SMILES string of the molecule is CSCC(C)C(=O)NCC(O)c1cc2ccccc2s1. The first-order valence-corrected chi connectivity index (χ1v) is 8.76. The smallest absolute Gasteiger partial charge is 0.223 e. The number of aliphatic hydroxyl groups is 1. The molecule has 0 fully saturated rings. The number of nitrogens with one attached hydrogen (secondary N) is 1. The number of rotatable bonds is 6. The summed E-state index contributed by atoms with van der Waals surface area (Å²) in [5.41, 5.74) is 0. The van der Waals surface area contributed by atoms with E-state index in [1.165, 1.54) is 0 Å². The molecule has 2 rings (SSSR count). The second-order valence-electron chi connectivity index (χ2n) is 4.80. The van der Waals surface area contributed by atoms with Gasteiger partial charge in [0.1, 0.15) is 6.10 Å². The predicted molar refractivity (Wildman–Crippen MR) is 87.3 cm³/mol. The van der Waals surface area contributed by atoms with Crippen molar-refractivity contribution in [1.29, 1.82) is 0 Å². The monoisotopic (exact) mass is 309 g/mol. The standard InChI is InChI=1S/C15H19NO2S2/c1-10(9-19-2)15(18)16-8-12(17)14-7-11-5-3-4-6-13(11)20-14/h3-7,10,12,17H,8-9H2,1-2H3,(H,16,18). The molecule has 108 valence electrons. The summed E-state index contributed by atoms with van der Waals surface area (Å²) >= 11 is 3.22. The average Bonchev–Trinajstić information content (AvgIpc) is 2.88. The van der Waals surface area contributed by atoms with Crippen molar-refractivity contribution in [2.75, 3.05) is 18.6 Å². The molecule has 2 unspecified atom stereocenters. The van der Waals surface area contributed by atoms with Gasteiger partial charge in [-0.3, -0.25) is 4.79 Å². The summed E-state index contributed by atoms with van der Waals surface area (Å²) in [6.45, 7) is 2.17. The van der Waals surface area contributed by atoms with Crippen LogP contribution in [0.15, 0.2) is 30.3 Å². The molecule has 0 bridgehead atoms. The van der Waals surface area contributed by atoms with E-state index in [9.17, 15) is 9.90 Å². The van der Waals surface area contributed by atoms with E-state index in [4.69, 9.17) is 0 Å². The Labute approximate surface area is 127 Å². The highest BCUT2D eigenvalue weighted by molar-refractivity contribution is 7.98. The Morgan fingerprint density at radius 3 is 2.90 bits per heavy atom. The third kappa shape index (κ3) is 3.75. The van der Waals surface area contributed by atoms with E-state index in [1.807, 2.05) is 43.5 Å². The zero-order valence-corrected chi connectivity index (χ0v) is 13.3. The third-order valence-electron chi connectivity index (χ3n) is 3.11. The lowest BCUT2D eigenvalue weighted by molar-refractivity contribution is -0.124. The molecule has 1 aromatic carbocycles. The van der Waals surface area contributed by atoms with Gasteiger partial charge in [-0.1, -0.05) is 25.1 Å². The number of carbonyl (C=O) groups is 1. The highest BCUT2D eigenvalue weighted by atomic mass is 32.2. The molecule has 0 radical (unpaired) electrons. The maximum absolute atomic E-state index is 11.8. The molecular formula is C15H19NO2S2. The number of fused-ring (bicyclic) bond motifs is 1. The number of hydrogen-bond acceptors (Lipinski definition) is 4. The molecule has 0 aliphatic heterocycles. The van der Waals surface area contributed by atoms with Crippen LogP contribution < -0.4 is 5.32 Å². The van der Waals surface area contributed by atoms with Gasteiger partial charge in [-0.25, -0.2) is 0 Å². The van der Waals surface area contributed by atoms with E-state index < -0.39 is 6.10 Å². The van der Waals surface area contributed by atoms with Crippen molar-refractivity contribution in [1.82, 2.24) is 5.32 Å². The Morgan fingerprint density at radius 1 is 1.45 bits per heavy atom. The molecule has 1 aromatic heterocycles. The number of hydrogen-bond donors (Lipinski definition) is 2. The van der Waals surface area contributed by atoms with Crippen LogP contribution in [0.4, 0.5) is 0 Å². The quantitative estimate of drug-likeness (QED) is 0.862. The maximum atomic E-state index is 11.8. The fourth-order valence-corrected chi connectivity index (χ4v) is 3.67. The number of aliphatic hydroxyl groups excluding tert-OH is 1. The molecule has 20 heavy (non-hydrogen) atoms. The minimum atomic E-state index is -0.641. The zero-order valence-electron chi connectivity index (χ0n) is 11.6. The predicted octanol–water partition coefficient (Wildman–Crippen LogP) is 3.05. The zero-order chi connectivity index (χ0) is 14.5. The van der Waals surface area contributed by atoms with E-state index in [-0.39, 0.29) is 18.4 Å². The van der Waals surface area contributed by atoms with Crippen LogP contribution >= 0.6 is 23.1 Å². The van der Waals surface area contributed by atoms with Gasteiger partial charge in [0.15, 0.2) is 0 Å². The Morgan fingerprint density at radius 2 is 2.20 bits per heavy atom. The molecular weight excluding hydrogens is 290 g/mol. The molecule has 2 atom stereocenters. The second kappa shape index (κ2) is 7.11. The van der Waals surface area contributed by atoms with Crippen LogP contribution in [-0.2, 0) is 4.79 Å². The minimum Gasteiger partial charge on any atom is -0.386 e. The van der Waals surface area contributed by atoms with Crippen molar-refractivity contribution in [2.45, 2.75) is 13.0 Å². The Bertz CT molecular complexity index is 549. The van der Waals surface area contributed by atoms with Crippen LogP contribution in [-0.4, -0.2) is 29.6 Å². The molecule has 2 N–H and O–H groups in total. The van der Waals surface area contributed by atoms with Gasteiger partial charge in [-0.15, -0.1) is 11.3 Å². The summed E-state index contributed by atoms with van der Waals surface area (Å²) in [4.78, 5) is 12.7. The Balaban J connectivity index is 1.94. The molecule has 0 saturated carbocycles. The number of benzene rings is 1. The number of thiophene rings is 1. The molecule has 1 heterocycles. The molecule has 1 amide bonds. The molecule has 3 nitrogen and oxygen atoms in total. The average molecular weight is 309 g/mol. The van der Waals surface area contributed by atoms with Gasteiger partial charge in [0, 0.05) is 27.8 Å². The largest absolute Gasteiger partial charge is 0.386 e. The van der Waals surface area contributed by atoms with E-state index in [1.54, 1.807) is 23.1 Å². The molecule has 0 saturated heterocycles. The van der Waals surface area contributed by atoms with Crippen LogP contribution in [0, 0.1) is 5.92 Å². The van der Waals surface area contributed by atoms with E-state index in [0.717, 1.165) is 20.7 Å². The van der Waals surface area contributed by atoms with Crippen molar-refractivity contribution in [3.05, 3.63) is 35.2 Å². The van der Waals surface area contributed by atoms with E-state index >= 15 is 0 Å². The van der Waals surface area contributed by atoms with Crippen LogP contribution in [0.5, 0.6) is 0 Å². The van der Waals surface area contributed by atoms with Gasteiger partial charge in [0.25, 0.3) is 0 Å². The summed E-state index contributed by atoms with van der Waals surface area (Å²) in [5, 5.41) is 14.1. The van der Waals surface area contributed by atoms with Gasteiger partial charge in [0.05, 0.1) is 0 Å². The van der Waals surface area contributed by atoms with E-state index in [2.05, 4.69) is 5.32 Å². The summed E-state index contributed by atoms with van der Waals surface area (Å²) in [6.07, 6.45) is 1.34. The van der Waals surface area contributed by atoms with Crippen molar-refractivity contribution in [3.8, 4) is 0 Å². The fourth-order valence-electron chi connectivity index (χ4n) is 1.96. The summed E-state index contributed by atoms with van der Waals surface area (Å²) in [6, 6.07) is 10.0. The molecule has 2 aromatic rings. The molecule has 0 aliphatic rings. The maximum Gasteiger partial charge on any atom is 0.223 e. The van der Waals surface area contributed by atoms with Crippen molar-refractivity contribution in [3.63, 3.8) is 0 Å². The number of carbonyl (C=O) groups excluding carboxylic acids is 1. The van der Waals surface area contributed by atoms with Gasteiger partial charge >= 0.3 is 0 Å². The summed E-state index contributed by atoms with van der Waals surface area (Å²) in [7, 11) is 0. The number of amides is 1. The lowest BCUT2D eigenvalue weighted by atomic mass is 10.2. The van der Waals surface area contributed by atoms with Crippen molar-refractivity contribution in [2.24, 2.45) is 5.92 Å². The van der Waals surface area contributed by atoms with Crippen LogP contribution in [0.3, 0.4) is 0 Å². The molecule has 0 spiro atoms. The topological polar surface area (TPSA) is 49.3 Å². The van der Waals surface area contributed by atoms with Crippen molar-refractivity contribution >= 4 is 39.1 Å². The summed E-state index contributed by atoms with van der Waals surface area (Å²) in [5.74, 6) is 0.768. The summed E-state index contributed by atoms with van der Waals surface area (Å²) < 4.78 is 1.16. The van der Waals surface area contributed by atoms with Gasteiger partial charge < -0.3 is 10.4 Å². The van der Waals surface area contributed by atoms with Crippen LogP contribution in [0.2, 0.25) is 0 Å². The molecule has 0 aliphatic carbocycles. The first-order valence-electron chi connectivity index (χ1n) is 6.55. The lowest BCUT2D eigenvalue weighted by Crippen LogP contribution is -2.33. The molecule has 5 heteroatoms. The second-order valence-corrected chi connectivity index (χ2v) is 6.83. The Kier molecular flexibility index (Phi) is 5.46.